The average molecular weight is 269 g/mol. The van der Waals surface area contributed by atoms with Gasteiger partial charge in [-0.2, -0.15) is 0 Å². The van der Waals surface area contributed by atoms with Gasteiger partial charge < -0.3 is 10.0 Å². The van der Waals surface area contributed by atoms with Crippen molar-refractivity contribution in [3.8, 4) is 0 Å². The van der Waals surface area contributed by atoms with E-state index >= 15 is 0 Å². The van der Waals surface area contributed by atoms with E-state index in [0.717, 1.165) is 12.8 Å². The number of likely N-dealkylation sites (tertiary alicyclic amines) is 1. The maximum Gasteiger partial charge on any atom is 0.308 e. The van der Waals surface area contributed by atoms with Crippen molar-refractivity contribution in [3.05, 3.63) is 0 Å². The van der Waals surface area contributed by atoms with E-state index in [1.54, 1.807) is 4.90 Å². The summed E-state index contributed by atoms with van der Waals surface area (Å²) in [4.78, 5) is 24.7. The SMILES string of the molecule is CCCCCCCCC(=O)N1CC(C)C(C(=O)O)C1. The lowest BCUT2D eigenvalue weighted by atomic mass is 9.99. The number of amides is 1. The Bertz CT molecular complexity index is 304. The lowest BCUT2D eigenvalue weighted by Crippen LogP contribution is -2.29. The molecule has 0 bridgehead atoms. The predicted octanol–water partition coefficient (Wildman–Crippen LogP) is 2.92. The highest BCUT2D eigenvalue weighted by Crippen LogP contribution is 2.24. The molecule has 4 nitrogen and oxygen atoms in total. The highest BCUT2D eigenvalue weighted by molar-refractivity contribution is 5.78. The molecule has 0 aromatic rings. The van der Waals surface area contributed by atoms with Crippen LogP contribution in [0.3, 0.4) is 0 Å². The van der Waals surface area contributed by atoms with Crippen LogP contribution in [0.1, 0.15) is 58.8 Å². The Morgan fingerprint density at radius 3 is 2.32 bits per heavy atom. The van der Waals surface area contributed by atoms with E-state index in [1.165, 1.54) is 25.7 Å². The van der Waals surface area contributed by atoms with Crippen LogP contribution in [0.2, 0.25) is 0 Å². The third-order valence-corrected chi connectivity index (χ3v) is 4.03. The average Bonchev–Trinajstić information content (AvgIpc) is 2.75. The van der Waals surface area contributed by atoms with Crippen LogP contribution in [0, 0.1) is 11.8 Å². The molecule has 0 aliphatic carbocycles. The van der Waals surface area contributed by atoms with E-state index in [2.05, 4.69) is 6.92 Å². The van der Waals surface area contributed by atoms with Crippen molar-refractivity contribution in [2.24, 2.45) is 11.8 Å². The highest BCUT2D eigenvalue weighted by atomic mass is 16.4. The number of nitrogens with zero attached hydrogens (tertiary/aromatic N) is 1. The Balaban J connectivity index is 2.19. The molecule has 1 aliphatic heterocycles. The van der Waals surface area contributed by atoms with Crippen LogP contribution in [0.15, 0.2) is 0 Å². The fourth-order valence-corrected chi connectivity index (χ4v) is 2.71. The number of rotatable bonds is 8. The first-order valence-corrected chi connectivity index (χ1v) is 7.56. The zero-order chi connectivity index (χ0) is 14.3. The fraction of sp³-hybridized carbons (Fsp3) is 0.867. The van der Waals surface area contributed by atoms with Gasteiger partial charge in [-0.15, -0.1) is 0 Å². The van der Waals surface area contributed by atoms with Crippen molar-refractivity contribution >= 4 is 11.9 Å². The standard InChI is InChI=1S/C15H27NO3/c1-3-4-5-6-7-8-9-14(17)16-10-12(2)13(11-16)15(18)19/h12-13H,3-11H2,1-2H3,(H,18,19). The molecule has 0 aromatic carbocycles. The largest absolute Gasteiger partial charge is 0.481 e. The summed E-state index contributed by atoms with van der Waals surface area (Å²) in [5, 5.41) is 9.04. The first-order valence-electron chi connectivity index (χ1n) is 7.56. The van der Waals surface area contributed by atoms with Crippen molar-refractivity contribution < 1.29 is 14.7 Å². The van der Waals surface area contributed by atoms with E-state index in [0.29, 0.717) is 19.5 Å². The van der Waals surface area contributed by atoms with Gasteiger partial charge in [-0.3, -0.25) is 9.59 Å². The summed E-state index contributed by atoms with van der Waals surface area (Å²) >= 11 is 0. The molecule has 4 heteroatoms. The zero-order valence-electron chi connectivity index (χ0n) is 12.2. The summed E-state index contributed by atoms with van der Waals surface area (Å²) in [6, 6.07) is 0. The van der Waals surface area contributed by atoms with E-state index < -0.39 is 5.97 Å². The summed E-state index contributed by atoms with van der Waals surface area (Å²) in [5.41, 5.74) is 0. The summed E-state index contributed by atoms with van der Waals surface area (Å²) < 4.78 is 0. The molecule has 0 saturated carbocycles. The number of hydrogen-bond donors (Lipinski definition) is 1. The molecular formula is C15H27NO3. The molecule has 0 spiro atoms. The molecular weight excluding hydrogens is 242 g/mol. The molecule has 1 rings (SSSR count). The number of carboxylic acid groups (broad SMARTS) is 1. The lowest BCUT2D eigenvalue weighted by Gasteiger charge is -2.15. The third kappa shape index (κ3) is 5.21. The number of unbranched alkanes of at least 4 members (excludes halogenated alkanes) is 5. The van der Waals surface area contributed by atoms with Crippen LogP contribution in [0.4, 0.5) is 0 Å². The van der Waals surface area contributed by atoms with Gasteiger partial charge in [0.15, 0.2) is 0 Å². The van der Waals surface area contributed by atoms with Crippen molar-refractivity contribution in [2.45, 2.75) is 58.8 Å². The van der Waals surface area contributed by atoms with E-state index in [1.807, 2.05) is 6.92 Å². The quantitative estimate of drug-likeness (QED) is 0.689. The Kier molecular flexibility index (Phi) is 6.89. The van der Waals surface area contributed by atoms with Gasteiger partial charge >= 0.3 is 5.97 Å². The van der Waals surface area contributed by atoms with E-state index in [-0.39, 0.29) is 17.7 Å². The van der Waals surface area contributed by atoms with E-state index in [4.69, 9.17) is 5.11 Å². The van der Waals surface area contributed by atoms with Crippen LogP contribution in [0.25, 0.3) is 0 Å². The Morgan fingerprint density at radius 2 is 1.74 bits per heavy atom. The van der Waals surface area contributed by atoms with Gasteiger partial charge in [-0.1, -0.05) is 46.0 Å². The van der Waals surface area contributed by atoms with Gasteiger partial charge in [0.2, 0.25) is 5.91 Å². The topological polar surface area (TPSA) is 57.6 Å². The Morgan fingerprint density at radius 1 is 1.11 bits per heavy atom. The van der Waals surface area contributed by atoms with Crippen LogP contribution in [-0.4, -0.2) is 35.0 Å². The number of carboxylic acids is 1. The van der Waals surface area contributed by atoms with Gasteiger partial charge in [-0.05, 0) is 12.3 Å². The summed E-state index contributed by atoms with van der Waals surface area (Å²) in [6.45, 7) is 5.10. The lowest BCUT2D eigenvalue weighted by molar-refractivity contribution is -0.142. The van der Waals surface area contributed by atoms with E-state index in [9.17, 15) is 9.59 Å². The second-order valence-electron chi connectivity index (χ2n) is 5.74. The summed E-state index contributed by atoms with van der Waals surface area (Å²) in [7, 11) is 0. The molecule has 2 atom stereocenters. The molecule has 1 heterocycles. The molecule has 1 N–H and O–H groups in total. The molecule has 1 aliphatic rings. The Hall–Kier alpha value is -1.06. The molecule has 0 aromatic heterocycles. The van der Waals surface area contributed by atoms with Crippen molar-refractivity contribution in [1.29, 1.82) is 0 Å². The van der Waals surface area contributed by atoms with Gasteiger partial charge in [0.25, 0.3) is 0 Å². The minimum absolute atomic E-state index is 0.0750. The van der Waals surface area contributed by atoms with Crippen molar-refractivity contribution in [3.63, 3.8) is 0 Å². The number of carbonyl (C=O) groups is 2. The van der Waals surface area contributed by atoms with Gasteiger partial charge in [0.05, 0.1) is 5.92 Å². The fourth-order valence-electron chi connectivity index (χ4n) is 2.71. The first-order chi connectivity index (χ1) is 9.06. The normalized spacial score (nSPS) is 22.7. The first kappa shape index (κ1) is 16.0. The van der Waals surface area contributed by atoms with Crippen LogP contribution < -0.4 is 0 Å². The molecule has 1 saturated heterocycles. The molecule has 110 valence electrons. The van der Waals surface area contributed by atoms with Crippen molar-refractivity contribution in [2.75, 3.05) is 13.1 Å². The molecule has 2 unspecified atom stereocenters. The number of carbonyl (C=O) groups excluding carboxylic acids is 1. The second-order valence-corrected chi connectivity index (χ2v) is 5.74. The third-order valence-electron chi connectivity index (χ3n) is 4.03. The second kappa shape index (κ2) is 8.18. The molecule has 0 radical (unpaired) electrons. The smallest absolute Gasteiger partial charge is 0.308 e. The Labute approximate surface area is 116 Å². The van der Waals surface area contributed by atoms with Gasteiger partial charge in [0.1, 0.15) is 0 Å². The maximum atomic E-state index is 12.0. The molecule has 1 amide bonds. The maximum absolute atomic E-state index is 12.0. The minimum Gasteiger partial charge on any atom is -0.481 e. The molecule has 19 heavy (non-hydrogen) atoms. The predicted molar refractivity (Wildman–Crippen MR) is 74.9 cm³/mol. The van der Waals surface area contributed by atoms with Crippen molar-refractivity contribution in [1.82, 2.24) is 4.90 Å². The summed E-state index contributed by atoms with van der Waals surface area (Å²) in [5.74, 6) is -0.951. The number of aliphatic carboxylic acids is 1. The van der Waals surface area contributed by atoms with Gasteiger partial charge in [0, 0.05) is 19.5 Å². The van der Waals surface area contributed by atoms with Crippen LogP contribution >= 0.6 is 0 Å². The molecule has 1 fully saturated rings. The highest BCUT2D eigenvalue weighted by Gasteiger charge is 2.36. The minimum atomic E-state index is -0.776. The van der Waals surface area contributed by atoms with Crippen LogP contribution in [0.5, 0.6) is 0 Å². The van der Waals surface area contributed by atoms with Crippen LogP contribution in [-0.2, 0) is 9.59 Å². The monoisotopic (exact) mass is 269 g/mol. The van der Waals surface area contributed by atoms with Gasteiger partial charge in [-0.25, -0.2) is 0 Å². The zero-order valence-corrected chi connectivity index (χ0v) is 12.2. The number of hydrogen-bond acceptors (Lipinski definition) is 2. The summed E-state index contributed by atoms with van der Waals surface area (Å²) in [6.07, 6.45) is 7.59.